The molecule has 0 radical (unpaired) electrons. The van der Waals surface area contributed by atoms with Gasteiger partial charge in [-0.1, -0.05) is 273 Å². The van der Waals surface area contributed by atoms with Crippen LogP contribution < -0.4 is 0 Å². The largest absolute Gasteiger partial charge is 0.378 e. The normalized spacial score (nSPS) is 15.4. The summed E-state index contributed by atoms with van der Waals surface area (Å²) in [7, 11) is 0. The predicted octanol–water partition coefficient (Wildman–Crippen LogP) is 19.0. The smallest absolute Gasteiger partial charge is 0.164 e. The van der Waals surface area contributed by atoms with Gasteiger partial charge in [-0.15, -0.1) is 0 Å². The van der Waals surface area contributed by atoms with E-state index in [1.165, 1.54) is 99.3 Å². The molecule has 4 heteroatoms. The van der Waals surface area contributed by atoms with Gasteiger partial charge in [0.15, 0.2) is 5.79 Å². The first kappa shape index (κ1) is 57.3. The fourth-order valence-corrected chi connectivity index (χ4v) is 11.8. The van der Waals surface area contributed by atoms with Crippen molar-refractivity contribution in [2.45, 2.75) is 173 Å². The van der Waals surface area contributed by atoms with Crippen molar-refractivity contribution in [3.63, 3.8) is 0 Å². The predicted molar refractivity (Wildman–Crippen MR) is 330 cm³/mol. The Bertz CT molecular complexity index is 2690. The lowest BCUT2D eigenvalue weighted by atomic mass is 9.71. The summed E-state index contributed by atoms with van der Waals surface area (Å²) in [6, 6.07) is 68.5. The van der Waals surface area contributed by atoms with Gasteiger partial charge in [-0.2, -0.15) is 0 Å². The van der Waals surface area contributed by atoms with Crippen LogP contribution in [0.1, 0.15) is 163 Å². The molecule has 2 atom stereocenters. The standard InChI is InChI=1S/C75H86O4/c1-7-11-15-19-55-23-31-59(32-24-55)63-39-47-67(48-40-63)74(76,68-49-41-64(42-50-68)60-33-25-56(26-34-60)20-16-12-8-2)71-72(79-73(5,6)78-71)75(77,69-51-43-65(44-52-69)61-35-27-57(28-36-61)21-17-13-9-3)70-53-45-66(46-54-70)62-37-29-58(30-38-62)22-18-14-10-4/h23-54,71-72,76-77H,7-22H2,1-6H3/t71-,72-/m1/s1. The van der Waals surface area contributed by atoms with Gasteiger partial charge in [-0.25, -0.2) is 0 Å². The molecule has 9 rings (SSSR count). The van der Waals surface area contributed by atoms with E-state index >= 15 is 0 Å². The second-order valence-corrected chi connectivity index (χ2v) is 22.9. The summed E-state index contributed by atoms with van der Waals surface area (Å²) < 4.78 is 14.2. The third kappa shape index (κ3) is 13.6. The molecule has 0 aromatic heterocycles. The molecule has 2 N–H and O–H groups in total. The lowest BCUT2D eigenvalue weighted by Crippen LogP contribution is -2.55. The van der Waals surface area contributed by atoms with Gasteiger partial charge in [0.05, 0.1) is 0 Å². The molecule has 8 aromatic rings. The first-order chi connectivity index (χ1) is 38.4. The quantitative estimate of drug-likeness (QED) is 0.0531. The molecule has 1 aliphatic rings. The summed E-state index contributed by atoms with van der Waals surface area (Å²) >= 11 is 0. The summed E-state index contributed by atoms with van der Waals surface area (Å²) in [5.41, 5.74) is 12.9. The summed E-state index contributed by atoms with van der Waals surface area (Å²) in [4.78, 5) is 0. The molecule has 4 nitrogen and oxygen atoms in total. The van der Waals surface area contributed by atoms with Gasteiger partial charge in [0, 0.05) is 0 Å². The number of benzene rings is 8. The van der Waals surface area contributed by atoms with Crippen LogP contribution in [-0.2, 0) is 46.4 Å². The Balaban J connectivity index is 1.13. The van der Waals surface area contributed by atoms with E-state index in [2.05, 4.69) is 173 Å². The van der Waals surface area contributed by atoms with Gasteiger partial charge < -0.3 is 19.7 Å². The average molecular weight is 1050 g/mol. The highest BCUT2D eigenvalue weighted by Gasteiger charge is 2.61. The van der Waals surface area contributed by atoms with Gasteiger partial charge in [0.25, 0.3) is 0 Å². The highest BCUT2D eigenvalue weighted by Crippen LogP contribution is 2.51. The van der Waals surface area contributed by atoms with Crippen molar-refractivity contribution in [3.8, 4) is 44.5 Å². The lowest BCUT2D eigenvalue weighted by Gasteiger charge is -2.42. The van der Waals surface area contributed by atoms with Crippen molar-refractivity contribution in [1.82, 2.24) is 0 Å². The number of hydrogen-bond donors (Lipinski definition) is 2. The number of unbranched alkanes of at least 4 members (excludes halogenated alkanes) is 8. The molecule has 1 fully saturated rings. The maximum atomic E-state index is 14.2. The highest BCUT2D eigenvalue weighted by molar-refractivity contribution is 5.68. The maximum absolute atomic E-state index is 14.2. The van der Waals surface area contributed by atoms with Gasteiger partial charge in [-0.05, 0) is 154 Å². The van der Waals surface area contributed by atoms with Crippen LogP contribution in [0.25, 0.3) is 44.5 Å². The van der Waals surface area contributed by atoms with E-state index in [9.17, 15) is 10.2 Å². The average Bonchev–Trinajstić information content (AvgIpc) is 4.10. The highest BCUT2D eigenvalue weighted by atomic mass is 16.8. The van der Waals surface area contributed by atoms with E-state index in [-0.39, 0.29) is 0 Å². The Morgan fingerprint density at radius 1 is 0.291 bits per heavy atom. The van der Waals surface area contributed by atoms with Crippen LogP contribution in [0.15, 0.2) is 194 Å². The third-order valence-corrected chi connectivity index (χ3v) is 16.6. The number of aryl methyl sites for hydroxylation is 4. The van der Waals surface area contributed by atoms with Crippen LogP contribution in [0.3, 0.4) is 0 Å². The van der Waals surface area contributed by atoms with Crippen LogP contribution >= 0.6 is 0 Å². The number of hydrogen-bond acceptors (Lipinski definition) is 4. The fraction of sp³-hybridized carbons (Fsp3) is 0.360. The van der Waals surface area contributed by atoms with Gasteiger partial charge >= 0.3 is 0 Å². The molecule has 1 saturated heterocycles. The Morgan fingerprint density at radius 3 is 0.646 bits per heavy atom. The van der Waals surface area contributed by atoms with Crippen molar-refractivity contribution in [1.29, 1.82) is 0 Å². The van der Waals surface area contributed by atoms with E-state index < -0.39 is 29.2 Å². The third-order valence-electron chi connectivity index (χ3n) is 16.6. The van der Waals surface area contributed by atoms with Crippen LogP contribution in [0, 0.1) is 0 Å². The zero-order valence-corrected chi connectivity index (χ0v) is 48.2. The summed E-state index contributed by atoms with van der Waals surface area (Å²) in [6.45, 7) is 12.7. The summed E-state index contributed by atoms with van der Waals surface area (Å²) in [5.74, 6) is -1.20. The minimum atomic E-state index is -1.81. The molecular formula is C75H86O4. The van der Waals surface area contributed by atoms with Crippen molar-refractivity contribution in [2.24, 2.45) is 0 Å². The number of ether oxygens (including phenoxy) is 2. The monoisotopic (exact) mass is 1050 g/mol. The topological polar surface area (TPSA) is 58.9 Å². The van der Waals surface area contributed by atoms with Gasteiger partial charge in [0.1, 0.15) is 23.4 Å². The minimum absolute atomic E-state index is 0.636. The fourth-order valence-electron chi connectivity index (χ4n) is 11.8. The van der Waals surface area contributed by atoms with Crippen LogP contribution in [-0.4, -0.2) is 28.2 Å². The molecule has 1 heterocycles. The molecule has 410 valence electrons. The van der Waals surface area contributed by atoms with Gasteiger partial charge in [-0.3, -0.25) is 0 Å². The molecule has 0 unspecified atom stereocenters. The lowest BCUT2D eigenvalue weighted by molar-refractivity contribution is -0.172. The molecule has 0 bridgehead atoms. The van der Waals surface area contributed by atoms with Crippen molar-refractivity contribution < 1.29 is 19.7 Å². The molecule has 0 amide bonds. The van der Waals surface area contributed by atoms with Crippen LogP contribution in [0.2, 0.25) is 0 Å². The van der Waals surface area contributed by atoms with Crippen molar-refractivity contribution in [2.75, 3.05) is 0 Å². The van der Waals surface area contributed by atoms with E-state index in [4.69, 9.17) is 9.47 Å². The minimum Gasteiger partial charge on any atom is -0.378 e. The first-order valence-electron chi connectivity index (χ1n) is 30.1. The second-order valence-electron chi connectivity index (χ2n) is 22.9. The van der Waals surface area contributed by atoms with Crippen molar-refractivity contribution in [3.05, 3.63) is 239 Å². The molecule has 8 aromatic carbocycles. The molecule has 0 saturated carbocycles. The number of aliphatic hydroxyl groups is 2. The number of rotatable bonds is 26. The SMILES string of the molecule is CCCCCc1ccc(-c2ccc(C(O)(c3ccc(-c4ccc(CCCCC)cc4)cc3)[C@@H]3OC(C)(C)O[C@H]3C(O)(c3ccc(-c4ccc(CCCCC)cc4)cc3)c3ccc(-c4ccc(CCCCC)cc4)cc3)cc2)cc1. The second kappa shape index (κ2) is 26.7. The van der Waals surface area contributed by atoms with E-state index in [1.807, 2.05) is 62.4 Å². The van der Waals surface area contributed by atoms with E-state index in [0.717, 1.165) is 70.2 Å². The van der Waals surface area contributed by atoms with Crippen molar-refractivity contribution >= 4 is 0 Å². The van der Waals surface area contributed by atoms with Crippen LogP contribution in [0.5, 0.6) is 0 Å². The Labute approximate surface area is 473 Å². The maximum Gasteiger partial charge on any atom is 0.164 e. The summed E-state index contributed by atoms with van der Waals surface area (Å²) in [5, 5.41) is 28.3. The van der Waals surface area contributed by atoms with Gasteiger partial charge in [0.2, 0.25) is 0 Å². The van der Waals surface area contributed by atoms with E-state index in [1.54, 1.807) is 0 Å². The molecule has 1 aliphatic heterocycles. The van der Waals surface area contributed by atoms with E-state index in [0.29, 0.717) is 22.3 Å². The molecule has 0 aliphatic carbocycles. The molecule has 0 spiro atoms. The molecular weight excluding hydrogens is 965 g/mol. The Hall–Kier alpha value is -6.40. The summed E-state index contributed by atoms with van der Waals surface area (Å²) in [6.07, 6.45) is 16.6. The zero-order valence-electron chi connectivity index (χ0n) is 48.2. The first-order valence-corrected chi connectivity index (χ1v) is 30.1. The Morgan fingerprint density at radius 2 is 0.468 bits per heavy atom. The molecule has 79 heavy (non-hydrogen) atoms. The Kier molecular flexibility index (Phi) is 19.4. The van der Waals surface area contributed by atoms with Crippen LogP contribution in [0.4, 0.5) is 0 Å². The zero-order chi connectivity index (χ0) is 55.2.